The SMILES string of the molecule is CC1=NC(C)CN1C(=O)NCC(O)CO. The number of hydrogen-bond donors (Lipinski definition) is 3. The number of aliphatic hydroxyl groups excluding tert-OH is 2. The van der Waals surface area contributed by atoms with Gasteiger partial charge in [-0.05, 0) is 13.8 Å². The third kappa shape index (κ3) is 3.17. The second kappa shape index (κ2) is 5.09. The van der Waals surface area contributed by atoms with Gasteiger partial charge in [0.25, 0.3) is 0 Å². The van der Waals surface area contributed by atoms with Gasteiger partial charge in [0.1, 0.15) is 5.84 Å². The van der Waals surface area contributed by atoms with E-state index in [1.54, 1.807) is 6.92 Å². The maximum Gasteiger partial charge on any atom is 0.322 e. The van der Waals surface area contributed by atoms with Crippen LogP contribution in [0.4, 0.5) is 4.79 Å². The van der Waals surface area contributed by atoms with Crippen molar-refractivity contribution in [1.29, 1.82) is 0 Å². The number of amides is 2. The largest absolute Gasteiger partial charge is 0.394 e. The Morgan fingerprint density at radius 1 is 1.80 bits per heavy atom. The summed E-state index contributed by atoms with van der Waals surface area (Å²) in [6.45, 7) is 3.95. The van der Waals surface area contributed by atoms with Crippen molar-refractivity contribution in [2.45, 2.75) is 26.0 Å². The molecular formula is C9H17N3O3. The van der Waals surface area contributed by atoms with Crippen LogP contribution < -0.4 is 5.32 Å². The van der Waals surface area contributed by atoms with E-state index in [2.05, 4.69) is 10.3 Å². The summed E-state index contributed by atoms with van der Waals surface area (Å²) >= 11 is 0. The van der Waals surface area contributed by atoms with Crippen molar-refractivity contribution in [3.8, 4) is 0 Å². The van der Waals surface area contributed by atoms with Crippen LogP contribution in [0.2, 0.25) is 0 Å². The van der Waals surface area contributed by atoms with Crippen LogP contribution >= 0.6 is 0 Å². The molecule has 86 valence electrons. The Labute approximate surface area is 88.6 Å². The highest BCUT2D eigenvalue weighted by Crippen LogP contribution is 2.08. The molecule has 0 radical (unpaired) electrons. The molecule has 1 rings (SSSR count). The second-order valence-corrected chi connectivity index (χ2v) is 3.66. The van der Waals surface area contributed by atoms with E-state index in [1.807, 2.05) is 6.92 Å². The van der Waals surface area contributed by atoms with Crippen molar-refractivity contribution < 1.29 is 15.0 Å². The number of rotatable bonds is 3. The highest BCUT2D eigenvalue weighted by molar-refractivity contribution is 5.97. The maximum absolute atomic E-state index is 11.6. The first-order valence-electron chi connectivity index (χ1n) is 4.93. The Bertz CT molecular complexity index is 267. The van der Waals surface area contributed by atoms with Crippen LogP contribution in [0.3, 0.4) is 0 Å². The average Bonchev–Trinajstić information content (AvgIpc) is 2.53. The zero-order valence-corrected chi connectivity index (χ0v) is 8.97. The van der Waals surface area contributed by atoms with Gasteiger partial charge in [0, 0.05) is 6.54 Å². The van der Waals surface area contributed by atoms with Gasteiger partial charge in [-0.3, -0.25) is 9.89 Å². The Morgan fingerprint density at radius 3 is 2.93 bits per heavy atom. The number of aliphatic imine (C=N–C) groups is 1. The minimum absolute atomic E-state index is 0.0491. The predicted molar refractivity (Wildman–Crippen MR) is 55.8 cm³/mol. The highest BCUT2D eigenvalue weighted by atomic mass is 16.3. The normalized spacial score (nSPS) is 22.5. The molecule has 0 bridgehead atoms. The first-order valence-corrected chi connectivity index (χ1v) is 4.93. The summed E-state index contributed by atoms with van der Waals surface area (Å²) in [5.74, 6) is 0.679. The molecule has 0 saturated carbocycles. The van der Waals surface area contributed by atoms with Crippen molar-refractivity contribution in [3.63, 3.8) is 0 Å². The lowest BCUT2D eigenvalue weighted by atomic mass is 10.3. The van der Waals surface area contributed by atoms with Gasteiger partial charge in [-0.1, -0.05) is 0 Å². The zero-order chi connectivity index (χ0) is 11.4. The first kappa shape index (κ1) is 11.9. The summed E-state index contributed by atoms with van der Waals surface area (Å²) in [5.41, 5.74) is 0. The Morgan fingerprint density at radius 2 is 2.47 bits per heavy atom. The zero-order valence-electron chi connectivity index (χ0n) is 8.97. The summed E-state index contributed by atoms with van der Waals surface area (Å²) in [5, 5.41) is 20.1. The molecule has 1 heterocycles. The fourth-order valence-electron chi connectivity index (χ4n) is 1.42. The van der Waals surface area contributed by atoms with E-state index in [9.17, 15) is 4.79 Å². The average molecular weight is 215 g/mol. The van der Waals surface area contributed by atoms with E-state index in [0.717, 1.165) is 0 Å². The first-order chi connectivity index (χ1) is 7.04. The van der Waals surface area contributed by atoms with Crippen LogP contribution in [0.15, 0.2) is 4.99 Å². The van der Waals surface area contributed by atoms with Crippen molar-refractivity contribution in [2.75, 3.05) is 19.7 Å². The monoisotopic (exact) mass is 215 g/mol. The molecule has 6 nitrogen and oxygen atoms in total. The van der Waals surface area contributed by atoms with Crippen LogP contribution in [0, 0.1) is 0 Å². The molecule has 0 aliphatic carbocycles. The molecule has 0 aromatic rings. The van der Waals surface area contributed by atoms with E-state index < -0.39 is 6.10 Å². The molecule has 2 atom stereocenters. The topological polar surface area (TPSA) is 85.2 Å². The Hall–Kier alpha value is -1.14. The lowest BCUT2D eigenvalue weighted by Crippen LogP contribution is -2.44. The van der Waals surface area contributed by atoms with Gasteiger partial charge in [0.15, 0.2) is 0 Å². The van der Waals surface area contributed by atoms with E-state index in [0.29, 0.717) is 12.4 Å². The summed E-state index contributed by atoms with van der Waals surface area (Å²) in [6, 6.07) is -0.161. The van der Waals surface area contributed by atoms with Crippen LogP contribution in [-0.4, -0.2) is 58.8 Å². The van der Waals surface area contributed by atoms with Crippen LogP contribution in [0.25, 0.3) is 0 Å². The number of hydrogen-bond acceptors (Lipinski definition) is 4. The number of carbonyl (C=O) groups is 1. The number of carbonyl (C=O) groups excluding carboxylic acids is 1. The molecule has 0 saturated heterocycles. The fraction of sp³-hybridized carbons (Fsp3) is 0.778. The lowest BCUT2D eigenvalue weighted by molar-refractivity contribution is 0.0950. The number of urea groups is 1. The lowest BCUT2D eigenvalue weighted by Gasteiger charge is -2.18. The molecule has 15 heavy (non-hydrogen) atoms. The van der Waals surface area contributed by atoms with Gasteiger partial charge >= 0.3 is 6.03 Å². The molecule has 0 aromatic heterocycles. The number of amidine groups is 1. The van der Waals surface area contributed by atoms with Crippen molar-refractivity contribution in [1.82, 2.24) is 10.2 Å². The third-order valence-electron chi connectivity index (χ3n) is 2.19. The minimum atomic E-state index is -0.911. The second-order valence-electron chi connectivity index (χ2n) is 3.66. The number of nitrogens with zero attached hydrogens (tertiary/aromatic N) is 2. The summed E-state index contributed by atoms with van der Waals surface area (Å²) < 4.78 is 0. The third-order valence-corrected chi connectivity index (χ3v) is 2.19. The fourth-order valence-corrected chi connectivity index (χ4v) is 1.42. The van der Waals surface area contributed by atoms with Gasteiger partial charge in [-0.2, -0.15) is 0 Å². The molecule has 0 fully saturated rings. The van der Waals surface area contributed by atoms with Gasteiger partial charge in [0.2, 0.25) is 0 Å². The molecule has 1 aliphatic heterocycles. The van der Waals surface area contributed by atoms with Gasteiger partial charge in [-0.15, -0.1) is 0 Å². The minimum Gasteiger partial charge on any atom is -0.394 e. The van der Waals surface area contributed by atoms with E-state index in [1.165, 1.54) is 4.90 Å². The summed E-state index contributed by atoms with van der Waals surface area (Å²) in [4.78, 5) is 17.3. The van der Waals surface area contributed by atoms with Crippen molar-refractivity contribution >= 4 is 11.9 Å². The number of aliphatic hydroxyl groups is 2. The van der Waals surface area contributed by atoms with Crippen LogP contribution in [0.1, 0.15) is 13.8 Å². The van der Waals surface area contributed by atoms with Gasteiger partial charge in [-0.25, -0.2) is 4.79 Å². The quantitative estimate of drug-likeness (QED) is 0.574. The summed E-state index contributed by atoms with van der Waals surface area (Å²) in [6.07, 6.45) is -0.911. The number of nitrogens with one attached hydrogen (secondary N) is 1. The molecular weight excluding hydrogens is 198 g/mol. The Balaban J connectivity index is 2.39. The molecule has 0 aromatic carbocycles. The van der Waals surface area contributed by atoms with E-state index in [-0.39, 0.29) is 25.2 Å². The smallest absolute Gasteiger partial charge is 0.322 e. The predicted octanol–water partition coefficient (Wildman–Crippen LogP) is -0.828. The van der Waals surface area contributed by atoms with Crippen molar-refractivity contribution in [3.05, 3.63) is 0 Å². The van der Waals surface area contributed by atoms with E-state index >= 15 is 0 Å². The van der Waals surface area contributed by atoms with Gasteiger partial charge in [0.05, 0.1) is 25.3 Å². The molecule has 1 aliphatic rings. The van der Waals surface area contributed by atoms with Gasteiger partial charge < -0.3 is 15.5 Å². The van der Waals surface area contributed by atoms with Crippen LogP contribution in [0.5, 0.6) is 0 Å². The van der Waals surface area contributed by atoms with E-state index in [4.69, 9.17) is 10.2 Å². The molecule has 3 N–H and O–H groups in total. The van der Waals surface area contributed by atoms with Crippen LogP contribution in [-0.2, 0) is 0 Å². The highest BCUT2D eigenvalue weighted by Gasteiger charge is 2.24. The maximum atomic E-state index is 11.6. The standard InChI is InChI=1S/C9H17N3O3/c1-6-4-12(7(2)11-6)9(15)10-3-8(14)5-13/h6,8,13-14H,3-5H2,1-2H3,(H,10,15). The summed E-state index contributed by atoms with van der Waals surface area (Å²) in [7, 11) is 0. The van der Waals surface area contributed by atoms with Crippen molar-refractivity contribution in [2.24, 2.45) is 4.99 Å². The molecule has 2 unspecified atom stereocenters. The molecule has 2 amide bonds. The molecule has 6 heteroatoms. The molecule has 0 spiro atoms. The Kier molecular flexibility index (Phi) is 4.05.